The Morgan fingerprint density at radius 1 is 1.00 bits per heavy atom. The van der Waals surface area contributed by atoms with Gasteiger partial charge in [0.25, 0.3) is 0 Å². The molecule has 1 heterocycles. The lowest BCUT2D eigenvalue weighted by Crippen LogP contribution is -2.48. The molecule has 2 N–H and O–H groups in total. The van der Waals surface area contributed by atoms with E-state index in [1.54, 1.807) is 0 Å². The van der Waals surface area contributed by atoms with Crippen molar-refractivity contribution >= 4 is 11.9 Å². The normalized spacial score (nSPS) is 15.4. The molecule has 6 heteroatoms. The molecular formula is C26H37N5O. The number of carbonyl (C=O) groups is 1. The van der Waals surface area contributed by atoms with E-state index in [1.165, 1.54) is 5.56 Å². The van der Waals surface area contributed by atoms with Crippen molar-refractivity contribution in [1.29, 1.82) is 0 Å². The number of nitrogens with one attached hydrogen (secondary N) is 2. The Hall–Kier alpha value is -2.86. The summed E-state index contributed by atoms with van der Waals surface area (Å²) in [7, 11) is 0. The van der Waals surface area contributed by atoms with Crippen molar-refractivity contribution in [2.24, 2.45) is 4.99 Å². The summed E-state index contributed by atoms with van der Waals surface area (Å²) in [5.41, 5.74) is 2.50. The molecule has 0 radical (unpaired) electrons. The number of guanidine groups is 1. The lowest BCUT2D eigenvalue weighted by Gasteiger charge is -2.33. The molecule has 1 aliphatic rings. The molecule has 2 aromatic carbocycles. The van der Waals surface area contributed by atoms with Gasteiger partial charge in [-0.2, -0.15) is 0 Å². The van der Waals surface area contributed by atoms with Gasteiger partial charge in [-0.05, 0) is 37.8 Å². The molecule has 0 saturated carbocycles. The maximum Gasteiger partial charge on any atom is 0.244 e. The van der Waals surface area contributed by atoms with E-state index in [0.29, 0.717) is 19.1 Å². The quantitative estimate of drug-likeness (QED) is 0.469. The van der Waals surface area contributed by atoms with Crippen LogP contribution in [0.15, 0.2) is 65.7 Å². The van der Waals surface area contributed by atoms with Crippen molar-refractivity contribution < 1.29 is 4.79 Å². The summed E-state index contributed by atoms with van der Waals surface area (Å²) in [5.74, 6) is 0.782. The lowest BCUT2D eigenvalue weighted by molar-refractivity contribution is -0.130. The van der Waals surface area contributed by atoms with Gasteiger partial charge in [0.15, 0.2) is 5.96 Å². The number of piperidine rings is 1. The van der Waals surface area contributed by atoms with Crippen molar-refractivity contribution in [3.63, 3.8) is 0 Å². The van der Waals surface area contributed by atoms with E-state index in [1.807, 2.05) is 30.0 Å². The average molecular weight is 436 g/mol. The minimum Gasteiger partial charge on any atom is -0.357 e. The Kier molecular flexibility index (Phi) is 9.57. The van der Waals surface area contributed by atoms with Crippen LogP contribution in [-0.2, 0) is 17.9 Å². The van der Waals surface area contributed by atoms with E-state index in [9.17, 15) is 4.79 Å². The molecule has 1 saturated heterocycles. The zero-order chi connectivity index (χ0) is 22.6. The molecule has 1 fully saturated rings. The van der Waals surface area contributed by atoms with Crippen molar-refractivity contribution in [2.75, 3.05) is 32.7 Å². The van der Waals surface area contributed by atoms with Crippen molar-refractivity contribution in [3.05, 3.63) is 71.8 Å². The number of nitrogens with zero attached hydrogens (tertiary/aromatic N) is 3. The van der Waals surface area contributed by atoms with E-state index in [0.717, 1.165) is 50.5 Å². The number of hydrogen-bond acceptors (Lipinski definition) is 3. The fraction of sp³-hybridized carbons (Fsp3) is 0.462. The van der Waals surface area contributed by atoms with Gasteiger partial charge in [-0.3, -0.25) is 9.69 Å². The molecule has 0 unspecified atom stereocenters. The lowest BCUT2D eigenvalue weighted by atomic mass is 10.0. The predicted octanol–water partition coefficient (Wildman–Crippen LogP) is 3.25. The van der Waals surface area contributed by atoms with Crippen LogP contribution in [0.3, 0.4) is 0 Å². The summed E-state index contributed by atoms with van der Waals surface area (Å²) < 4.78 is 0. The second kappa shape index (κ2) is 12.9. The van der Waals surface area contributed by atoms with Gasteiger partial charge in [0.2, 0.25) is 5.91 Å². The smallest absolute Gasteiger partial charge is 0.244 e. The first-order valence-electron chi connectivity index (χ1n) is 11.8. The Balaban J connectivity index is 1.48. The van der Waals surface area contributed by atoms with Crippen LogP contribution < -0.4 is 10.6 Å². The highest BCUT2D eigenvalue weighted by molar-refractivity contribution is 5.85. The van der Waals surface area contributed by atoms with Crippen molar-refractivity contribution in [2.45, 2.75) is 45.8 Å². The zero-order valence-electron chi connectivity index (χ0n) is 19.5. The summed E-state index contributed by atoms with van der Waals surface area (Å²) in [5, 5.41) is 6.84. The second-order valence-electron chi connectivity index (χ2n) is 8.27. The minimum absolute atomic E-state index is 0.0474. The van der Waals surface area contributed by atoms with Gasteiger partial charge in [0.1, 0.15) is 6.54 Å². The van der Waals surface area contributed by atoms with E-state index < -0.39 is 0 Å². The molecule has 0 bridgehead atoms. The number of carbonyl (C=O) groups excluding carboxylic acids is 1. The highest BCUT2D eigenvalue weighted by Crippen LogP contribution is 2.14. The number of aliphatic imine (C=N–C) groups is 1. The third-order valence-corrected chi connectivity index (χ3v) is 5.84. The van der Waals surface area contributed by atoms with Gasteiger partial charge < -0.3 is 15.5 Å². The second-order valence-corrected chi connectivity index (χ2v) is 8.27. The van der Waals surface area contributed by atoms with Crippen molar-refractivity contribution in [3.8, 4) is 0 Å². The maximum atomic E-state index is 12.8. The number of amides is 1. The van der Waals surface area contributed by atoms with E-state index in [-0.39, 0.29) is 12.5 Å². The Labute approximate surface area is 192 Å². The zero-order valence-corrected chi connectivity index (χ0v) is 19.5. The predicted molar refractivity (Wildman–Crippen MR) is 131 cm³/mol. The minimum atomic E-state index is 0.0474. The topological polar surface area (TPSA) is 60.0 Å². The van der Waals surface area contributed by atoms with Gasteiger partial charge in [0, 0.05) is 45.3 Å². The molecule has 3 rings (SSSR count). The van der Waals surface area contributed by atoms with E-state index in [4.69, 9.17) is 0 Å². The Morgan fingerprint density at radius 2 is 1.62 bits per heavy atom. The van der Waals surface area contributed by atoms with Crippen LogP contribution >= 0.6 is 0 Å². The first kappa shape index (κ1) is 23.8. The van der Waals surface area contributed by atoms with Crippen LogP contribution in [0.5, 0.6) is 0 Å². The van der Waals surface area contributed by atoms with Crippen LogP contribution in [0.2, 0.25) is 0 Å². The first-order valence-corrected chi connectivity index (χ1v) is 11.8. The van der Waals surface area contributed by atoms with Gasteiger partial charge in [-0.15, -0.1) is 0 Å². The highest BCUT2D eigenvalue weighted by Gasteiger charge is 2.20. The average Bonchev–Trinajstić information content (AvgIpc) is 2.83. The fourth-order valence-electron chi connectivity index (χ4n) is 4.02. The van der Waals surface area contributed by atoms with Gasteiger partial charge in [-0.1, -0.05) is 60.7 Å². The third-order valence-electron chi connectivity index (χ3n) is 5.84. The summed E-state index contributed by atoms with van der Waals surface area (Å²) in [6.07, 6.45) is 2.14. The number of likely N-dealkylation sites (N-methyl/N-ethyl adjacent to an activating group) is 1. The van der Waals surface area contributed by atoms with Crippen LogP contribution in [-0.4, -0.2) is 60.4 Å². The third kappa shape index (κ3) is 7.68. The summed E-state index contributed by atoms with van der Waals surface area (Å²) in [6.45, 7) is 9.41. The molecule has 0 aliphatic carbocycles. The van der Waals surface area contributed by atoms with Gasteiger partial charge >= 0.3 is 0 Å². The number of benzene rings is 2. The summed E-state index contributed by atoms with van der Waals surface area (Å²) in [6, 6.07) is 21.1. The molecule has 6 nitrogen and oxygen atoms in total. The molecule has 1 aliphatic heterocycles. The fourth-order valence-corrected chi connectivity index (χ4v) is 4.02. The monoisotopic (exact) mass is 435 g/mol. The van der Waals surface area contributed by atoms with E-state index in [2.05, 4.69) is 69.9 Å². The van der Waals surface area contributed by atoms with Gasteiger partial charge in [0.05, 0.1) is 0 Å². The molecule has 0 aromatic heterocycles. The van der Waals surface area contributed by atoms with Crippen LogP contribution in [0.25, 0.3) is 0 Å². The number of likely N-dealkylation sites (tertiary alicyclic amines) is 1. The molecule has 172 valence electrons. The number of hydrogen-bond donors (Lipinski definition) is 2. The Bertz CT molecular complexity index is 832. The van der Waals surface area contributed by atoms with Crippen LogP contribution in [0, 0.1) is 0 Å². The largest absolute Gasteiger partial charge is 0.357 e. The number of rotatable bonds is 9. The van der Waals surface area contributed by atoms with Crippen molar-refractivity contribution in [1.82, 2.24) is 20.4 Å². The molecule has 0 spiro atoms. The molecule has 32 heavy (non-hydrogen) atoms. The van der Waals surface area contributed by atoms with Crippen LogP contribution in [0.4, 0.5) is 0 Å². The maximum absolute atomic E-state index is 12.8. The summed E-state index contributed by atoms with van der Waals surface area (Å²) >= 11 is 0. The van der Waals surface area contributed by atoms with E-state index >= 15 is 0 Å². The Morgan fingerprint density at radius 3 is 2.22 bits per heavy atom. The molecule has 2 aromatic rings. The first-order chi connectivity index (χ1) is 15.7. The SMILES string of the molecule is CCNC(=NCC(=O)N(CC)Cc1ccccc1)NC1CCN(Cc2ccccc2)CC1. The highest BCUT2D eigenvalue weighted by atomic mass is 16.2. The summed E-state index contributed by atoms with van der Waals surface area (Å²) in [4.78, 5) is 21.7. The molecular weight excluding hydrogens is 398 g/mol. The molecule has 0 atom stereocenters. The standard InChI is InChI=1S/C26H37N5O/c1-3-27-26(28-19-25(32)31(4-2)21-23-13-9-6-10-14-23)29-24-15-17-30(18-16-24)20-22-11-7-5-8-12-22/h5-14,24H,3-4,15-21H2,1-2H3,(H2,27,28,29). The molecule has 1 amide bonds. The van der Waals surface area contributed by atoms with Crippen LogP contribution in [0.1, 0.15) is 37.8 Å². The van der Waals surface area contributed by atoms with Gasteiger partial charge in [-0.25, -0.2) is 4.99 Å².